The molecule has 2 aromatic carbocycles. The van der Waals surface area contributed by atoms with E-state index in [1.807, 2.05) is 42.8 Å². The molecular weight excluding hydrogens is 368 g/mol. The summed E-state index contributed by atoms with van der Waals surface area (Å²) in [6.45, 7) is 4.57. The number of hydrogen-bond donors (Lipinski definition) is 1. The molecule has 1 amide bonds. The molecule has 3 rings (SSSR count). The van der Waals surface area contributed by atoms with E-state index in [4.69, 9.17) is 9.47 Å². The molecule has 0 bridgehead atoms. The van der Waals surface area contributed by atoms with Crippen molar-refractivity contribution in [2.75, 3.05) is 14.2 Å². The molecule has 3 aromatic rings. The average molecular weight is 392 g/mol. The Hall–Kier alpha value is -3.61. The number of hydrazone groups is 1. The summed E-state index contributed by atoms with van der Waals surface area (Å²) in [4.78, 5) is 12.2. The van der Waals surface area contributed by atoms with Crippen LogP contribution < -0.4 is 14.9 Å². The van der Waals surface area contributed by atoms with Gasteiger partial charge < -0.3 is 9.47 Å². The molecule has 150 valence electrons. The lowest BCUT2D eigenvalue weighted by atomic mass is 10.1. The number of amides is 1. The molecule has 0 aliphatic heterocycles. The zero-order valence-electron chi connectivity index (χ0n) is 17.0. The van der Waals surface area contributed by atoms with Crippen LogP contribution >= 0.6 is 0 Å². The minimum Gasteiger partial charge on any atom is -0.497 e. The molecule has 0 saturated carbocycles. The fraction of sp³-hybridized carbons (Fsp3) is 0.227. The molecule has 0 radical (unpaired) electrons. The summed E-state index contributed by atoms with van der Waals surface area (Å²) in [6, 6.07) is 14.6. The first kappa shape index (κ1) is 20.1. The van der Waals surface area contributed by atoms with Gasteiger partial charge in [-0.25, -0.2) is 5.43 Å². The number of methoxy groups -OCH3 is 2. The number of nitrogens with one attached hydrogen (secondary N) is 1. The highest BCUT2D eigenvalue weighted by Crippen LogP contribution is 2.21. The first-order chi connectivity index (χ1) is 14.0. The number of ether oxygens (including phenoxy) is 2. The van der Waals surface area contributed by atoms with Crippen LogP contribution in [0.1, 0.15) is 32.9 Å². The summed E-state index contributed by atoms with van der Waals surface area (Å²) in [5.41, 5.74) is 6.91. The van der Waals surface area contributed by atoms with Crippen molar-refractivity contribution in [3.8, 4) is 11.5 Å². The van der Waals surface area contributed by atoms with Gasteiger partial charge in [0.25, 0.3) is 5.91 Å². The minimum atomic E-state index is -0.291. The van der Waals surface area contributed by atoms with Crippen LogP contribution in [0.5, 0.6) is 11.5 Å². The zero-order valence-corrected chi connectivity index (χ0v) is 17.0. The van der Waals surface area contributed by atoms with Crippen LogP contribution in [0.25, 0.3) is 0 Å². The van der Waals surface area contributed by atoms with E-state index < -0.39 is 0 Å². The Bertz CT molecular complexity index is 1020. The molecule has 1 N–H and O–H groups in total. The van der Waals surface area contributed by atoms with Crippen molar-refractivity contribution in [3.05, 3.63) is 76.6 Å². The van der Waals surface area contributed by atoms with Gasteiger partial charge in [-0.2, -0.15) is 10.2 Å². The van der Waals surface area contributed by atoms with Gasteiger partial charge in [-0.05, 0) is 67.9 Å². The van der Waals surface area contributed by atoms with Crippen LogP contribution in [0, 0.1) is 13.8 Å². The summed E-state index contributed by atoms with van der Waals surface area (Å²) in [6.07, 6.45) is 1.60. The number of carbonyl (C=O) groups excluding carboxylic acids is 1. The first-order valence-corrected chi connectivity index (χ1v) is 9.15. The Morgan fingerprint density at radius 1 is 1.10 bits per heavy atom. The monoisotopic (exact) mass is 392 g/mol. The number of benzene rings is 2. The second-order valence-corrected chi connectivity index (χ2v) is 6.58. The van der Waals surface area contributed by atoms with Gasteiger partial charge in [0.1, 0.15) is 11.5 Å². The van der Waals surface area contributed by atoms with Crippen LogP contribution in [0.2, 0.25) is 0 Å². The van der Waals surface area contributed by atoms with E-state index in [-0.39, 0.29) is 5.91 Å². The van der Waals surface area contributed by atoms with E-state index in [9.17, 15) is 4.79 Å². The lowest BCUT2D eigenvalue weighted by molar-refractivity contribution is 0.0955. The number of nitrogens with zero attached hydrogens (tertiary/aromatic N) is 3. The summed E-state index contributed by atoms with van der Waals surface area (Å²) in [7, 11) is 3.22. The number of aryl methyl sites for hydroxylation is 2. The summed E-state index contributed by atoms with van der Waals surface area (Å²) in [5, 5.41) is 8.57. The molecule has 7 heteroatoms. The number of carbonyl (C=O) groups is 1. The normalized spacial score (nSPS) is 10.9. The maximum atomic E-state index is 12.2. The summed E-state index contributed by atoms with van der Waals surface area (Å²) >= 11 is 0. The molecule has 0 fully saturated rings. The summed E-state index contributed by atoms with van der Waals surface area (Å²) < 4.78 is 12.5. The van der Waals surface area contributed by atoms with Crippen LogP contribution in [0.4, 0.5) is 0 Å². The molecule has 0 saturated heterocycles. The Kier molecular flexibility index (Phi) is 6.29. The predicted molar refractivity (Wildman–Crippen MR) is 112 cm³/mol. The van der Waals surface area contributed by atoms with Crippen molar-refractivity contribution in [1.29, 1.82) is 0 Å². The quantitative estimate of drug-likeness (QED) is 0.494. The van der Waals surface area contributed by atoms with E-state index in [0.717, 1.165) is 28.3 Å². The van der Waals surface area contributed by atoms with E-state index in [2.05, 4.69) is 15.6 Å². The van der Waals surface area contributed by atoms with Crippen molar-refractivity contribution >= 4 is 12.1 Å². The largest absolute Gasteiger partial charge is 0.497 e. The number of aromatic nitrogens is 2. The molecule has 1 aromatic heterocycles. The second-order valence-electron chi connectivity index (χ2n) is 6.58. The summed E-state index contributed by atoms with van der Waals surface area (Å²) in [5.74, 6) is 1.18. The number of rotatable bonds is 7. The molecule has 0 aliphatic carbocycles. The van der Waals surface area contributed by atoms with E-state index in [1.54, 1.807) is 44.7 Å². The Morgan fingerprint density at radius 2 is 1.86 bits per heavy atom. The van der Waals surface area contributed by atoms with Crippen molar-refractivity contribution < 1.29 is 14.3 Å². The lowest BCUT2D eigenvalue weighted by Crippen LogP contribution is -2.17. The predicted octanol–water partition coefficient (Wildman–Crippen LogP) is 3.33. The van der Waals surface area contributed by atoms with Crippen LogP contribution in [-0.4, -0.2) is 36.1 Å². The highest BCUT2D eigenvalue weighted by molar-refractivity contribution is 5.95. The van der Waals surface area contributed by atoms with E-state index in [1.165, 1.54) is 0 Å². The van der Waals surface area contributed by atoms with Crippen LogP contribution in [-0.2, 0) is 6.54 Å². The molecule has 0 atom stereocenters. The van der Waals surface area contributed by atoms with Crippen molar-refractivity contribution in [2.24, 2.45) is 5.10 Å². The molecular formula is C22H24N4O3. The molecule has 1 heterocycles. The minimum absolute atomic E-state index is 0.291. The second kappa shape index (κ2) is 9.05. The van der Waals surface area contributed by atoms with E-state index >= 15 is 0 Å². The van der Waals surface area contributed by atoms with Crippen LogP contribution in [0.3, 0.4) is 0 Å². The van der Waals surface area contributed by atoms with Gasteiger partial charge in [0.15, 0.2) is 0 Å². The highest BCUT2D eigenvalue weighted by atomic mass is 16.5. The van der Waals surface area contributed by atoms with Crippen molar-refractivity contribution in [3.63, 3.8) is 0 Å². The van der Waals surface area contributed by atoms with Gasteiger partial charge in [0.05, 0.1) is 32.7 Å². The van der Waals surface area contributed by atoms with Crippen LogP contribution in [0.15, 0.2) is 53.6 Å². The lowest BCUT2D eigenvalue weighted by Gasteiger charge is -2.11. The highest BCUT2D eigenvalue weighted by Gasteiger charge is 2.08. The van der Waals surface area contributed by atoms with Gasteiger partial charge in [-0.1, -0.05) is 0 Å². The maximum Gasteiger partial charge on any atom is 0.271 e. The van der Waals surface area contributed by atoms with E-state index in [0.29, 0.717) is 17.9 Å². The molecule has 7 nitrogen and oxygen atoms in total. The zero-order chi connectivity index (χ0) is 20.8. The fourth-order valence-electron chi connectivity index (χ4n) is 2.97. The van der Waals surface area contributed by atoms with Gasteiger partial charge in [0, 0.05) is 16.8 Å². The molecule has 29 heavy (non-hydrogen) atoms. The van der Waals surface area contributed by atoms with Gasteiger partial charge in [0.2, 0.25) is 0 Å². The van der Waals surface area contributed by atoms with Crippen molar-refractivity contribution in [2.45, 2.75) is 20.4 Å². The maximum absolute atomic E-state index is 12.2. The third kappa shape index (κ3) is 5.01. The topological polar surface area (TPSA) is 77.7 Å². The fourth-order valence-corrected chi connectivity index (χ4v) is 2.97. The Morgan fingerprint density at radius 3 is 2.48 bits per heavy atom. The Labute approximate surface area is 170 Å². The molecule has 0 unspecified atom stereocenters. The SMILES string of the molecule is COc1ccc(C(=O)N/N=C/c2ccc(OC)c(Cn3nc(C)cc3C)c2)cc1. The first-order valence-electron chi connectivity index (χ1n) is 9.15. The smallest absolute Gasteiger partial charge is 0.271 e. The molecule has 0 aliphatic rings. The Balaban J connectivity index is 1.71. The number of hydrogen-bond acceptors (Lipinski definition) is 5. The van der Waals surface area contributed by atoms with Crippen molar-refractivity contribution in [1.82, 2.24) is 15.2 Å². The van der Waals surface area contributed by atoms with Gasteiger partial charge in [-0.15, -0.1) is 0 Å². The standard InChI is InChI=1S/C22H24N4O3/c1-15-11-16(2)26(25-15)14-19-12-17(5-10-21(19)29-4)13-23-24-22(27)18-6-8-20(28-3)9-7-18/h5-13H,14H2,1-4H3,(H,24,27)/b23-13+. The third-order valence-electron chi connectivity index (χ3n) is 4.46. The average Bonchev–Trinajstić information content (AvgIpc) is 3.05. The molecule has 0 spiro atoms. The van der Waals surface area contributed by atoms with Gasteiger partial charge in [-0.3, -0.25) is 9.48 Å². The van der Waals surface area contributed by atoms with Gasteiger partial charge >= 0.3 is 0 Å². The third-order valence-corrected chi connectivity index (χ3v) is 4.46.